The molecule has 0 radical (unpaired) electrons. The first-order valence-corrected chi connectivity index (χ1v) is 14.2. The lowest BCUT2D eigenvalue weighted by Gasteiger charge is -2.26. The molecule has 8 nitrogen and oxygen atoms in total. The standard InChI is InChI=1S/C33H28O8S/c34-27-28(26(39-31(36)23-15-7-2-8-16-23)21-38-30(35)22-13-5-1-6-14-22)41-33(42-25-19-11-4-12-20-25)29(27)40-32(37)24-17-9-3-10-18-24/h1-20,26-29,33-34H,21H2/t26-,27?,28?,29?,33?/m1/s1. The average molecular weight is 585 g/mol. The van der Waals surface area contributed by atoms with Gasteiger partial charge in [0.25, 0.3) is 0 Å². The van der Waals surface area contributed by atoms with Crippen molar-refractivity contribution in [3.05, 3.63) is 138 Å². The maximum Gasteiger partial charge on any atom is 0.338 e. The largest absolute Gasteiger partial charge is 0.458 e. The van der Waals surface area contributed by atoms with Crippen LogP contribution in [0.2, 0.25) is 0 Å². The normalized spacial score (nSPS) is 20.3. The summed E-state index contributed by atoms with van der Waals surface area (Å²) in [7, 11) is 0. The van der Waals surface area contributed by atoms with Gasteiger partial charge in [-0.3, -0.25) is 0 Å². The van der Waals surface area contributed by atoms with E-state index < -0.39 is 54.4 Å². The Hall–Kier alpha value is -4.44. The van der Waals surface area contributed by atoms with Crippen molar-refractivity contribution < 1.29 is 38.4 Å². The maximum absolute atomic E-state index is 13.1. The van der Waals surface area contributed by atoms with Crippen molar-refractivity contribution in [3.8, 4) is 0 Å². The van der Waals surface area contributed by atoms with Crippen LogP contribution in [0.25, 0.3) is 0 Å². The third-order valence-electron chi connectivity index (χ3n) is 6.50. The van der Waals surface area contributed by atoms with Gasteiger partial charge in [-0.1, -0.05) is 84.6 Å². The van der Waals surface area contributed by atoms with Crippen LogP contribution in [-0.4, -0.2) is 59.5 Å². The lowest BCUT2D eigenvalue weighted by atomic mass is 10.1. The molecule has 0 spiro atoms. The summed E-state index contributed by atoms with van der Waals surface area (Å²) in [6.07, 6.45) is -4.95. The van der Waals surface area contributed by atoms with Gasteiger partial charge in [0, 0.05) is 4.90 Å². The van der Waals surface area contributed by atoms with Crippen LogP contribution in [0.3, 0.4) is 0 Å². The molecule has 4 aromatic rings. The van der Waals surface area contributed by atoms with Crippen LogP contribution in [0.4, 0.5) is 0 Å². The van der Waals surface area contributed by atoms with Crippen LogP contribution >= 0.6 is 11.8 Å². The van der Waals surface area contributed by atoms with Crippen molar-refractivity contribution in [1.82, 2.24) is 0 Å². The predicted molar refractivity (Wildman–Crippen MR) is 155 cm³/mol. The minimum atomic E-state index is -1.41. The predicted octanol–water partition coefficient (Wildman–Crippen LogP) is 5.17. The molecule has 1 N–H and O–H groups in total. The zero-order chi connectivity index (χ0) is 29.3. The van der Waals surface area contributed by atoms with Gasteiger partial charge < -0.3 is 24.1 Å². The van der Waals surface area contributed by atoms with E-state index in [1.54, 1.807) is 91.0 Å². The van der Waals surface area contributed by atoms with E-state index >= 15 is 0 Å². The fraction of sp³-hybridized carbons (Fsp3) is 0.182. The van der Waals surface area contributed by atoms with E-state index in [2.05, 4.69) is 0 Å². The lowest BCUT2D eigenvalue weighted by Crippen LogP contribution is -2.45. The molecule has 0 amide bonds. The Balaban J connectivity index is 1.40. The van der Waals surface area contributed by atoms with Crippen molar-refractivity contribution in [2.45, 2.75) is 34.7 Å². The number of benzene rings is 4. The Morgan fingerprint density at radius 3 is 1.71 bits per heavy atom. The summed E-state index contributed by atoms with van der Waals surface area (Å²) in [5.41, 5.74) is 0.0283. The Bertz CT molecular complexity index is 1470. The van der Waals surface area contributed by atoms with Crippen molar-refractivity contribution >= 4 is 29.7 Å². The number of hydrogen-bond donors (Lipinski definition) is 1. The molecule has 5 rings (SSSR count). The van der Waals surface area contributed by atoms with Crippen molar-refractivity contribution in [3.63, 3.8) is 0 Å². The number of rotatable bonds is 10. The molecule has 1 aliphatic heterocycles. The minimum absolute atomic E-state index is 0.270. The summed E-state index contributed by atoms with van der Waals surface area (Å²) >= 11 is 1.25. The third kappa shape index (κ3) is 7.25. The van der Waals surface area contributed by atoms with Crippen LogP contribution in [0, 0.1) is 0 Å². The van der Waals surface area contributed by atoms with Crippen molar-refractivity contribution in [2.75, 3.05) is 6.61 Å². The molecule has 1 saturated heterocycles. The first-order valence-electron chi connectivity index (χ1n) is 13.3. The van der Waals surface area contributed by atoms with E-state index in [0.29, 0.717) is 11.1 Å². The second-order valence-electron chi connectivity index (χ2n) is 9.40. The van der Waals surface area contributed by atoms with Gasteiger partial charge in [-0.25, -0.2) is 14.4 Å². The molecule has 1 aliphatic rings. The molecule has 5 atom stereocenters. The summed E-state index contributed by atoms with van der Waals surface area (Å²) in [6, 6.07) is 34.3. The summed E-state index contributed by atoms with van der Waals surface area (Å²) < 4.78 is 23.3. The first-order chi connectivity index (χ1) is 20.5. The van der Waals surface area contributed by atoms with Gasteiger partial charge in [0.2, 0.25) is 0 Å². The molecule has 1 fully saturated rings. The van der Waals surface area contributed by atoms with Crippen LogP contribution in [0.5, 0.6) is 0 Å². The van der Waals surface area contributed by atoms with Crippen molar-refractivity contribution in [2.24, 2.45) is 0 Å². The monoisotopic (exact) mass is 584 g/mol. The zero-order valence-electron chi connectivity index (χ0n) is 22.4. The van der Waals surface area contributed by atoms with Crippen molar-refractivity contribution in [1.29, 1.82) is 0 Å². The molecule has 0 saturated carbocycles. The minimum Gasteiger partial charge on any atom is -0.458 e. The summed E-state index contributed by atoms with van der Waals surface area (Å²) in [4.78, 5) is 39.6. The SMILES string of the molecule is O=C(OC[C@@H](OC(=O)c1ccccc1)C1OC(Sc2ccccc2)C(OC(=O)c2ccccc2)C1O)c1ccccc1. The number of ether oxygens (including phenoxy) is 4. The number of carbonyl (C=O) groups is 3. The van der Waals surface area contributed by atoms with E-state index in [0.717, 1.165) is 4.90 Å². The lowest BCUT2D eigenvalue weighted by molar-refractivity contribution is -0.0852. The molecule has 4 aromatic carbocycles. The highest BCUT2D eigenvalue weighted by molar-refractivity contribution is 7.99. The van der Waals surface area contributed by atoms with Crippen LogP contribution in [-0.2, 0) is 18.9 Å². The molecule has 0 aromatic heterocycles. The molecule has 0 aliphatic carbocycles. The molecule has 42 heavy (non-hydrogen) atoms. The number of carbonyl (C=O) groups excluding carboxylic acids is 3. The van der Waals surface area contributed by atoms with Gasteiger partial charge in [0.1, 0.15) is 24.3 Å². The molecule has 214 valence electrons. The van der Waals surface area contributed by atoms with E-state index in [1.165, 1.54) is 11.8 Å². The fourth-order valence-electron chi connectivity index (χ4n) is 4.38. The van der Waals surface area contributed by atoms with E-state index in [-0.39, 0.29) is 5.56 Å². The van der Waals surface area contributed by atoms with Gasteiger partial charge in [0.15, 0.2) is 12.2 Å². The summed E-state index contributed by atoms with van der Waals surface area (Å²) in [6.45, 7) is -0.407. The van der Waals surface area contributed by atoms with E-state index in [4.69, 9.17) is 18.9 Å². The van der Waals surface area contributed by atoms with Gasteiger partial charge in [-0.2, -0.15) is 0 Å². The highest BCUT2D eigenvalue weighted by Crippen LogP contribution is 2.38. The van der Waals surface area contributed by atoms with Gasteiger partial charge in [-0.05, 0) is 48.5 Å². The zero-order valence-corrected chi connectivity index (χ0v) is 23.2. The molecule has 1 heterocycles. The Morgan fingerprint density at radius 1 is 0.690 bits per heavy atom. The van der Waals surface area contributed by atoms with E-state index in [9.17, 15) is 19.5 Å². The molecule has 4 unspecified atom stereocenters. The molecular weight excluding hydrogens is 556 g/mol. The Morgan fingerprint density at radius 2 is 1.17 bits per heavy atom. The summed E-state index contributed by atoms with van der Waals surface area (Å²) in [5.74, 6) is -1.97. The number of hydrogen-bond acceptors (Lipinski definition) is 9. The van der Waals surface area contributed by atoms with Crippen LogP contribution < -0.4 is 0 Å². The first kappa shape index (κ1) is 29.1. The highest BCUT2D eigenvalue weighted by Gasteiger charge is 2.51. The maximum atomic E-state index is 13.1. The number of thioether (sulfide) groups is 1. The third-order valence-corrected chi connectivity index (χ3v) is 7.66. The smallest absolute Gasteiger partial charge is 0.338 e. The van der Waals surface area contributed by atoms with Gasteiger partial charge >= 0.3 is 17.9 Å². The Kier molecular flexibility index (Phi) is 9.66. The molecule has 9 heteroatoms. The number of aliphatic hydroxyl groups excluding tert-OH is 1. The molecule has 0 bridgehead atoms. The van der Waals surface area contributed by atoms with Crippen LogP contribution in [0.15, 0.2) is 126 Å². The quantitative estimate of drug-likeness (QED) is 0.199. The van der Waals surface area contributed by atoms with Gasteiger partial charge in [-0.15, -0.1) is 0 Å². The topological polar surface area (TPSA) is 108 Å². The highest BCUT2D eigenvalue weighted by atomic mass is 32.2. The fourth-order valence-corrected chi connectivity index (χ4v) is 5.50. The second kappa shape index (κ2) is 14.0. The molecular formula is C33H28O8S. The average Bonchev–Trinajstić information content (AvgIpc) is 3.34. The summed E-state index contributed by atoms with van der Waals surface area (Å²) in [5, 5.41) is 11.5. The van der Waals surface area contributed by atoms with E-state index in [1.807, 2.05) is 30.3 Å². The van der Waals surface area contributed by atoms with Crippen LogP contribution in [0.1, 0.15) is 31.1 Å². The van der Waals surface area contributed by atoms with Gasteiger partial charge in [0.05, 0.1) is 16.7 Å². The second-order valence-corrected chi connectivity index (χ2v) is 10.6. The number of esters is 3. The Labute approximate surface area is 247 Å². The number of aliphatic hydroxyl groups is 1.